The molecule has 3 rings (SSSR count). The number of aromatic nitrogens is 1. The molecule has 1 fully saturated rings. The number of fused-ring (bicyclic) bond motifs is 1. The fourth-order valence-corrected chi connectivity index (χ4v) is 3.05. The summed E-state index contributed by atoms with van der Waals surface area (Å²) in [6, 6.07) is 3.19. The van der Waals surface area contributed by atoms with Crippen LogP contribution in [0.5, 0.6) is 0 Å². The molecule has 0 saturated heterocycles. The van der Waals surface area contributed by atoms with Gasteiger partial charge in [-0.15, -0.1) is 0 Å². The van der Waals surface area contributed by atoms with Crippen molar-refractivity contribution in [1.82, 2.24) is 10.3 Å². The molecule has 1 aromatic heterocycles. The lowest BCUT2D eigenvalue weighted by Crippen LogP contribution is -2.36. The topological polar surface area (TPSA) is 38.1 Å². The number of nitrogens with zero attached hydrogens (tertiary/aromatic N) is 1. The van der Waals surface area contributed by atoms with E-state index in [4.69, 9.17) is 4.42 Å². The van der Waals surface area contributed by atoms with Crippen molar-refractivity contribution in [3.05, 3.63) is 29.2 Å². The Balaban J connectivity index is 1.90. The van der Waals surface area contributed by atoms with Gasteiger partial charge in [0.1, 0.15) is 11.1 Å². The average molecular weight is 340 g/mol. The Kier molecular flexibility index (Phi) is 4.60. The van der Waals surface area contributed by atoms with E-state index < -0.39 is 11.7 Å². The van der Waals surface area contributed by atoms with Gasteiger partial charge in [-0.2, -0.15) is 13.2 Å². The van der Waals surface area contributed by atoms with Crippen LogP contribution in [0.2, 0.25) is 0 Å². The molecule has 1 saturated carbocycles. The lowest BCUT2D eigenvalue weighted by Gasteiger charge is -2.32. The Morgan fingerprint density at radius 1 is 1.25 bits per heavy atom. The maximum absolute atomic E-state index is 13.4. The normalized spacial score (nSPS) is 17.5. The number of hydrogen-bond acceptors (Lipinski definition) is 3. The van der Waals surface area contributed by atoms with Gasteiger partial charge in [-0.3, -0.25) is 0 Å². The van der Waals surface area contributed by atoms with Gasteiger partial charge in [0.25, 0.3) is 0 Å². The third-order valence-corrected chi connectivity index (χ3v) is 4.85. The van der Waals surface area contributed by atoms with E-state index in [0.29, 0.717) is 30.0 Å². The van der Waals surface area contributed by atoms with E-state index >= 15 is 0 Å². The minimum atomic E-state index is -4.46. The summed E-state index contributed by atoms with van der Waals surface area (Å²) in [5, 5.41) is 3.35. The molecule has 0 amide bonds. The molecule has 1 atom stereocenters. The van der Waals surface area contributed by atoms with Crippen molar-refractivity contribution in [1.29, 1.82) is 0 Å². The highest BCUT2D eigenvalue weighted by Gasteiger charge is 2.35. The number of hydrogen-bond donors (Lipinski definition) is 1. The van der Waals surface area contributed by atoms with Gasteiger partial charge < -0.3 is 9.73 Å². The molecule has 1 aromatic carbocycles. The summed E-state index contributed by atoms with van der Waals surface area (Å²) in [5.41, 5.74) is -0.0410. The number of alkyl halides is 3. The van der Waals surface area contributed by atoms with Gasteiger partial charge in [0.15, 0.2) is 11.5 Å². The number of nitrogens with one attached hydrogen (secondary N) is 1. The van der Waals surface area contributed by atoms with E-state index in [1.807, 2.05) is 13.8 Å². The minimum Gasteiger partial charge on any atom is -0.440 e. The summed E-state index contributed by atoms with van der Waals surface area (Å²) in [7, 11) is 0. The van der Waals surface area contributed by atoms with Crippen molar-refractivity contribution in [2.75, 3.05) is 0 Å². The van der Waals surface area contributed by atoms with E-state index in [0.717, 1.165) is 0 Å². The number of benzene rings is 1. The molecule has 1 aliphatic rings. The minimum absolute atomic E-state index is 0.0568. The molecule has 0 spiro atoms. The van der Waals surface area contributed by atoms with E-state index in [-0.39, 0.29) is 17.0 Å². The molecular weight excluding hydrogens is 317 g/mol. The SMILES string of the molecule is CC(C)c1nc2cc(CN[C@H](C)C3CCC3)cc(C(F)(F)F)c2o1. The van der Waals surface area contributed by atoms with E-state index in [1.54, 1.807) is 6.07 Å². The molecule has 2 aromatic rings. The highest BCUT2D eigenvalue weighted by molar-refractivity contribution is 5.78. The molecule has 0 radical (unpaired) electrons. The summed E-state index contributed by atoms with van der Waals surface area (Å²) in [6.45, 7) is 6.20. The number of rotatable bonds is 5. The number of halogens is 3. The van der Waals surface area contributed by atoms with Crippen molar-refractivity contribution < 1.29 is 17.6 Å². The van der Waals surface area contributed by atoms with Crippen molar-refractivity contribution in [3.8, 4) is 0 Å². The van der Waals surface area contributed by atoms with E-state index in [9.17, 15) is 13.2 Å². The van der Waals surface area contributed by atoms with Crippen LogP contribution in [0.1, 0.15) is 63.0 Å². The van der Waals surface area contributed by atoms with Crippen molar-refractivity contribution >= 4 is 11.1 Å². The second kappa shape index (κ2) is 6.39. The van der Waals surface area contributed by atoms with Crippen molar-refractivity contribution in [2.45, 2.75) is 64.7 Å². The van der Waals surface area contributed by atoms with Crippen LogP contribution >= 0.6 is 0 Å². The molecule has 0 unspecified atom stereocenters. The van der Waals surface area contributed by atoms with E-state index in [1.165, 1.54) is 25.3 Å². The monoisotopic (exact) mass is 340 g/mol. The lowest BCUT2D eigenvalue weighted by atomic mass is 9.80. The quantitative estimate of drug-likeness (QED) is 0.808. The zero-order valence-corrected chi connectivity index (χ0v) is 14.2. The maximum Gasteiger partial charge on any atom is 0.420 e. The molecule has 0 bridgehead atoms. The molecule has 6 heteroatoms. The zero-order valence-electron chi connectivity index (χ0n) is 14.2. The lowest BCUT2D eigenvalue weighted by molar-refractivity contribution is -0.136. The van der Waals surface area contributed by atoms with Gasteiger partial charge in [-0.05, 0) is 43.4 Å². The first-order chi connectivity index (χ1) is 11.3. The molecule has 1 N–H and O–H groups in total. The summed E-state index contributed by atoms with van der Waals surface area (Å²) >= 11 is 0. The molecule has 1 aliphatic carbocycles. The van der Waals surface area contributed by atoms with Crippen molar-refractivity contribution in [3.63, 3.8) is 0 Å². The molecule has 1 heterocycles. The van der Waals surface area contributed by atoms with Crippen molar-refractivity contribution in [2.24, 2.45) is 5.92 Å². The maximum atomic E-state index is 13.4. The highest BCUT2D eigenvalue weighted by atomic mass is 19.4. The standard InChI is InChI=1S/C18H23F3N2O/c1-10(2)17-23-15-8-12(9-22-11(3)13-5-4-6-13)7-14(16(15)24-17)18(19,20)21/h7-8,10-11,13,22H,4-6,9H2,1-3H3/t11-/m1/s1. The Hall–Kier alpha value is -1.56. The van der Waals surface area contributed by atoms with Crippen LogP contribution in [0.25, 0.3) is 11.1 Å². The predicted molar refractivity (Wildman–Crippen MR) is 86.7 cm³/mol. The van der Waals surface area contributed by atoms with Gasteiger partial charge in [-0.1, -0.05) is 20.3 Å². The highest BCUT2D eigenvalue weighted by Crippen LogP contribution is 2.37. The molecule has 3 nitrogen and oxygen atoms in total. The van der Waals surface area contributed by atoms with Crippen LogP contribution in [0, 0.1) is 5.92 Å². The summed E-state index contributed by atoms with van der Waals surface area (Å²) < 4.78 is 45.6. The Morgan fingerprint density at radius 3 is 2.50 bits per heavy atom. The van der Waals surface area contributed by atoms with Gasteiger partial charge in [-0.25, -0.2) is 4.98 Å². The third-order valence-electron chi connectivity index (χ3n) is 4.85. The van der Waals surface area contributed by atoms with Crippen LogP contribution in [0.3, 0.4) is 0 Å². The number of oxazole rings is 1. The first-order valence-electron chi connectivity index (χ1n) is 8.49. The summed E-state index contributed by atoms with van der Waals surface area (Å²) in [6.07, 6.45) is -0.816. The molecule has 132 valence electrons. The van der Waals surface area contributed by atoms with Gasteiger partial charge in [0.05, 0.1) is 0 Å². The van der Waals surface area contributed by atoms with Crippen LogP contribution in [-0.4, -0.2) is 11.0 Å². The molecule has 24 heavy (non-hydrogen) atoms. The van der Waals surface area contributed by atoms with Gasteiger partial charge >= 0.3 is 6.18 Å². The fourth-order valence-electron chi connectivity index (χ4n) is 3.05. The average Bonchev–Trinajstić information content (AvgIpc) is 2.85. The molecular formula is C18H23F3N2O. The molecule has 0 aliphatic heterocycles. The van der Waals surface area contributed by atoms with E-state index in [2.05, 4.69) is 17.2 Å². The Labute approximate surface area is 139 Å². The Morgan fingerprint density at radius 2 is 1.96 bits per heavy atom. The predicted octanol–water partition coefficient (Wildman–Crippen LogP) is 5.25. The smallest absolute Gasteiger partial charge is 0.420 e. The first kappa shape index (κ1) is 17.3. The van der Waals surface area contributed by atoms with Crippen LogP contribution in [-0.2, 0) is 12.7 Å². The van der Waals surface area contributed by atoms with Crippen LogP contribution < -0.4 is 5.32 Å². The fraction of sp³-hybridized carbons (Fsp3) is 0.611. The summed E-state index contributed by atoms with van der Waals surface area (Å²) in [4.78, 5) is 4.24. The largest absolute Gasteiger partial charge is 0.440 e. The second-order valence-corrected chi connectivity index (χ2v) is 7.06. The third kappa shape index (κ3) is 3.43. The van der Waals surface area contributed by atoms with Crippen LogP contribution in [0.4, 0.5) is 13.2 Å². The Bertz CT molecular complexity index is 717. The van der Waals surface area contributed by atoms with Crippen LogP contribution in [0.15, 0.2) is 16.5 Å². The van der Waals surface area contributed by atoms with Gasteiger partial charge in [0.2, 0.25) is 0 Å². The second-order valence-electron chi connectivity index (χ2n) is 7.06. The summed E-state index contributed by atoms with van der Waals surface area (Å²) in [5.74, 6) is 0.914. The first-order valence-corrected chi connectivity index (χ1v) is 8.49. The zero-order chi connectivity index (χ0) is 17.5. The van der Waals surface area contributed by atoms with Gasteiger partial charge in [0, 0.05) is 18.5 Å².